The predicted octanol–water partition coefficient (Wildman–Crippen LogP) is 9.54. The quantitative estimate of drug-likeness (QED) is 0.270. The molecule has 0 spiro atoms. The summed E-state index contributed by atoms with van der Waals surface area (Å²) in [4.78, 5) is 13.0. The highest BCUT2D eigenvalue weighted by atomic mass is 16.6. The Labute approximate surface area is 254 Å². The van der Waals surface area contributed by atoms with Crippen molar-refractivity contribution >= 4 is 0 Å². The third-order valence-corrected chi connectivity index (χ3v) is 7.47. The molecule has 1 aliphatic heterocycles. The Morgan fingerprint density at radius 1 is 0.927 bits per heavy atom. The summed E-state index contributed by atoms with van der Waals surface area (Å²) < 4.78 is 20.1. The van der Waals surface area contributed by atoms with Crippen molar-refractivity contribution in [3.8, 4) is 0 Å². The number of aryl methyl sites for hydroxylation is 1. The highest BCUT2D eigenvalue weighted by Crippen LogP contribution is 2.29. The monoisotopic (exact) mass is 584 g/mol. The molecule has 1 saturated heterocycles. The molecule has 1 aliphatic carbocycles. The van der Waals surface area contributed by atoms with Crippen LogP contribution < -0.4 is 5.82 Å². The molecule has 41 heavy (non-hydrogen) atoms. The molecular weight excluding hydrogens is 514 g/mol. The van der Waals surface area contributed by atoms with E-state index in [-0.39, 0.29) is 7.43 Å². The van der Waals surface area contributed by atoms with Gasteiger partial charge in [0.05, 0.1) is 25.1 Å². The summed E-state index contributed by atoms with van der Waals surface area (Å²) in [5, 5.41) is 0. The van der Waals surface area contributed by atoms with Crippen LogP contribution in [0.15, 0.2) is 26.0 Å². The fraction of sp³-hybridized carbons (Fsp3) is 0.857. The van der Waals surface area contributed by atoms with Crippen LogP contribution in [0.1, 0.15) is 127 Å². The van der Waals surface area contributed by atoms with E-state index in [0.717, 1.165) is 56.2 Å². The smallest absolute Gasteiger partial charge is 0.496 e. The van der Waals surface area contributed by atoms with Crippen LogP contribution in [-0.4, -0.2) is 43.9 Å². The lowest BCUT2D eigenvalue weighted by Crippen LogP contribution is -2.37. The summed E-state index contributed by atoms with van der Waals surface area (Å²) in [5.41, 5.74) is 0. The fourth-order valence-electron chi connectivity index (χ4n) is 4.45. The maximum absolute atomic E-state index is 10.6. The minimum Gasteiger partial charge on any atom is -0.496 e. The Morgan fingerprint density at radius 3 is 1.83 bits per heavy atom. The van der Waals surface area contributed by atoms with Gasteiger partial charge in [-0.25, -0.2) is 4.79 Å². The number of morpholine rings is 1. The van der Waals surface area contributed by atoms with Gasteiger partial charge in [-0.05, 0) is 63.3 Å². The second-order valence-electron chi connectivity index (χ2n) is 13.1. The Balaban J connectivity index is 0. The van der Waals surface area contributed by atoms with Crippen molar-refractivity contribution in [2.75, 3.05) is 32.8 Å². The Kier molecular flexibility index (Phi) is 24.3. The molecule has 244 valence electrons. The molecule has 2 fully saturated rings. The van der Waals surface area contributed by atoms with Gasteiger partial charge < -0.3 is 18.3 Å². The summed E-state index contributed by atoms with van der Waals surface area (Å²) >= 11 is 0. The van der Waals surface area contributed by atoms with Crippen molar-refractivity contribution in [2.24, 2.45) is 29.6 Å². The van der Waals surface area contributed by atoms with Gasteiger partial charge in [0.25, 0.3) is 0 Å². The summed E-state index contributed by atoms with van der Waals surface area (Å²) in [6, 6.07) is 0. The van der Waals surface area contributed by atoms with E-state index in [1.54, 1.807) is 6.92 Å². The van der Waals surface area contributed by atoms with E-state index in [1.165, 1.54) is 45.1 Å². The zero-order valence-electron chi connectivity index (χ0n) is 28.1. The van der Waals surface area contributed by atoms with Crippen LogP contribution >= 0.6 is 0 Å². The fourth-order valence-corrected chi connectivity index (χ4v) is 4.45. The first-order valence-electron chi connectivity index (χ1n) is 15.9. The molecule has 0 N–H and O–H groups in total. The lowest BCUT2D eigenvalue weighted by molar-refractivity contribution is 0.0360. The minimum absolute atomic E-state index is 0. The van der Waals surface area contributed by atoms with Gasteiger partial charge in [0.15, 0.2) is 0 Å². The topological polar surface area (TPSA) is 65.1 Å². The Hall–Kier alpha value is -1.53. The molecule has 1 saturated carbocycles. The second-order valence-corrected chi connectivity index (χ2v) is 13.1. The van der Waals surface area contributed by atoms with E-state index in [1.807, 2.05) is 6.92 Å². The molecule has 6 heteroatoms. The normalized spacial score (nSPS) is 16.6. The van der Waals surface area contributed by atoms with Gasteiger partial charge in [0.1, 0.15) is 11.5 Å². The lowest BCUT2D eigenvalue weighted by atomic mass is 9.82. The molecule has 1 aromatic rings. The number of ether oxygens (including phenoxy) is 2. The molecule has 1 unspecified atom stereocenters. The van der Waals surface area contributed by atoms with Gasteiger partial charge in [0.2, 0.25) is 0 Å². The third-order valence-electron chi connectivity index (χ3n) is 7.47. The van der Waals surface area contributed by atoms with Crippen LogP contribution in [0.2, 0.25) is 0 Å². The highest BCUT2D eigenvalue weighted by Gasteiger charge is 2.16. The number of allylic oxidation sites excluding steroid dienone is 1. The van der Waals surface area contributed by atoms with Crippen molar-refractivity contribution < 1.29 is 18.3 Å². The van der Waals surface area contributed by atoms with E-state index in [0.29, 0.717) is 29.5 Å². The molecule has 2 heterocycles. The van der Waals surface area contributed by atoms with Gasteiger partial charge in [-0.3, -0.25) is 4.90 Å². The summed E-state index contributed by atoms with van der Waals surface area (Å²) in [7, 11) is 0. The van der Waals surface area contributed by atoms with E-state index >= 15 is 0 Å². The molecule has 2 aliphatic rings. The zero-order chi connectivity index (χ0) is 30.7. The van der Waals surface area contributed by atoms with E-state index in [2.05, 4.69) is 73.8 Å². The van der Waals surface area contributed by atoms with Crippen LogP contribution in [0.25, 0.3) is 0 Å². The molecule has 0 aromatic carbocycles. The summed E-state index contributed by atoms with van der Waals surface area (Å²) in [6.07, 6.45) is 9.84. The average Bonchev–Trinajstić information content (AvgIpc) is 3.20. The molecular formula is C35H69NO5. The van der Waals surface area contributed by atoms with Gasteiger partial charge in [-0.2, -0.15) is 0 Å². The standard InChI is InChI=1S/C9H19NO.C9H18.C8H12O3.C8H16O.CH4/c1-9(2)3-4-10-5-7-11-8-6-10;1-8(2)9-6-4-3-5-7-9;1-5(2)4-7-6(3)10-8(9)11-7;1-6(2)8(5)9-7(3)4;/h9H,3-8H2,1-2H3;8-9H,3-7H2,1-2H3;5H,4H2,1-3H3;6,8H,3H2,1-2,4-5H3;1H4. The first kappa shape index (κ1) is 41.6. The molecule has 0 amide bonds. The lowest BCUT2D eigenvalue weighted by Gasteiger charge is -2.26. The predicted molar refractivity (Wildman–Crippen MR) is 176 cm³/mol. The van der Waals surface area contributed by atoms with Crippen molar-refractivity contribution in [3.63, 3.8) is 0 Å². The highest BCUT2D eigenvalue weighted by molar-refractivity contribution is 5.00. The van der Waals surface area contributed by atoms with E-state index in [9.17, 15) is 4.79 Å². The number of rotatable bonds is 9. The maximum Gasteiger partial charge on any atom is 0.519 e. The van der Waals surface area contributed by atoms with Gasteiger partial charge in [0, 0.05) is 19.5 Å². The van der Waals surface area contributed by atoms with Gasteiger partial charge >= 0.3 is 5.82 Å². The van der Waals surface area contributed by atoms with Crippen LogP contribution in [0.4, 0.5) is 0 Å². The van der Waals surface area contributed by atoms with Crippen LogP contribution in [0, 0.1) is 36.5 Å². The van der Waals surface area contributed by atoms with E-state index in [4.69, 9.17) is 18.3 Å². The van der Waals surface area contributed by atoms with Crippen molar-refractivity contribution in [2.45, 2.75) is 135 Å². The SMILES string of the molecule is C.C=C(C)OC(C)C(C)C.CC(C)C1CCCCC1.CC(C)CCN1CCOCC1.Cc1oc(=O)oc1CC(C)C. The summed E-state index contributed by atoms with van der Waals surface area (Å²) in [5.74, 6) is 5.35. The number of nitrogens with zero attached hydrogens (tertiary/aromatic N) is 1. The van der Waals surface area contributed by atoms with Crippen molar-refractivity contribution in [1.82, 2.24) is 4.90 Å². The molecule has 0 radical (unpaired) electrons. The molecule has 3 rings (SSSR count). The van der Waals surface area contributed by atoms with Crippen molar-refractivity contribution in [1.29, 1.82) is 0 Å². The Bertz CT molecular complexity index is 796. The van der Waals surface area contributed by atoms with Gasteiger partial charge in [-0.15, -0.1) is 0 Å². The second kappa shape index (κ2) is 24.0. The van der Waals surface area contributed by atoms with Crippen LogP contribution in [0.3, 0.4) is 0 Å². The molecule has 6 nitrogen and oxygen atoms in total. The summed E-state index contributed by atoms with van der Waals surface area (Å²) in [6.45, 7) is 32.4. The molecule has 1 atom stereocenters. The molecule has 1 aromatic heterocycles. The first-order chi connectivity index (χ1) is 18.7. The average molecular weight is 584 g/mol. The van der Waals surface area contributed by atoms with Crippen LogP contribution in [-0.2, 0) is 15.9 Å². The molecule has 0 bridgehead atoms. The zero-order valence-corrected chi connectivity index (χ0v) is 28.1. The third kappa shape index (κ3) is 22.7. The van der Waals surface area contributed by atoms with Crippen LogP contribution in [0.5, 0.6) is 0 Å². The van der Waals surface area contributed by atoms with Gasteiger partial charge in [-0.1, -0.05) is 101 Å². The number of hydrogen-bond donors (Lipinski definition) is 0. The largest absolute Gasteiger partial charge is 0.519 e. The maximum atomic E-state index is 10.6. The van der Waals surface area contributed by atoms with Crippen molar-refractivity contribution in [3.05, 3.63) is 34.5 Å². The van der Waals surface area contributed by atoms with E-state index < -0.39 is 5.82 Å². The Morgan fingerprint density at radius 2 is 1.49 bits per heavy atom. The first-order valence-corrected chi connectivity index (χ1v) is 15.9. The minimum atomic E-state index is -0.599. The number of hydrogen-bond acceptors (Lipinski definition) is 6.